The Hall–Kier alpha value is -3.61. The molecule has 5 heterocycles. The summed E-state index contributed by atoms with van der Waals surface area (Å²) in [6.07, 6.45) is 7.22. The summed E-state index contributed by atoms with van der Waals surface area (Å²) in [5.74, 6) is 0.347. The zero-order valence-corrected chi connectivity index (χ0v) is 17.7. The highest BCUT2D eigenvalue weighted by Gasteiger charge is 2.27. The molecule has 0 saturated carbocycles. The van der Waals surface area contributed by atoms with Crippen LogP contribution in [0.3, 0.4) is 0 Å². The number of hydrogen-bond donors (Lipinski definition) is 0. The van der Waals surface area contributed by atoms with Crippen LogP contribution < -0.4 is 0 Å². The van der Waals surface area contributed by atoms with Gasteiger partial charge in [-0.15, -0.1) is 0 Å². The fourth-order valence-corrected chi connectivity index (χ4v) is 4.16. The monoisotopic (exact) mass is 412 g/mol. The number of carbonyl (C=O) groups excluding carboxylic acids is 1. The molecule has 0 radical (unpaired) electrons. The summed E-state index contributed by atoms with van der Waals surface area (Å²) in [5, 5.41) is 5.35. The number of nitrogens with zero attached hydrogens (tertiary/aromatic N) is 6. The number of hydrogen-bond acceptors (Lipinski definition) is 5. The fraction of sp³-hybridized carbons (Fsp3) is 0.292. The van der Waals surface area contributed by atoms with Crippen LogP contribution in [0.4, 0.5) is 0 Å². The molecule has 0 aliphatic carbocycles. The maximum atomic E-state index is 12.8. The lowest BCUT2D eigenvalue weighted by atomic mass is 9.92. The Morgan fingerprint density at radius 2 is 1.81 bits per heavy atom. The van der Waals surface area contributed by atoms with Crippen molar-refractivity contribution < 1.29 is 4.79 Å². The molecular weight excluding hydrogens is 388 g/mol. The second-order valence-electron chi connectivity index (χ2n) is 8.10. The molecule has 1 fully saturated rings. The maximum Gasteiger partial charge on any atom is 0.274 e. The van der Waals surface area contributed by atoms with Gasteiger partial charge in [-0.1, -0.05) is 0 Å². The van der Waals surface area contributed by atoms with Crippen LogP contribution in [0.15, 0.2) is 55.0 Å². The van der Waals surface area contributed by atoms with Crippen LogP contribution in [0.2, 0.25) is 0 Å². The molecule has 0 aromatic carbocycles. The number of amides is 1. The minimum atomic E-state index is 0.0129. The predicted molar refractivity (Wildman–Crippen MR) is 119 cm³/mol. The minimum absolute atomic E-state index is 0.0129. The molecule has 0 atom stereocenters. The summed E-state index contributed by atoms with van der Waals surface area (Å²) in [6.45, 7) is 3.38. The van der Waals surface area contributed by atoms with Crippen molar-refractivity contribution in [1.29, 1.82) is 0 Å². The standard InChI is InChI=1S/C24H24N6O/c1-16-13-22(28-29(16)2)24(31)30-11-7-18(8-12-30)21-4-3-19-14-20(15-26-23(19)27-21)17-5-9-25-10-6-17/h3-6,9-10,13-15,18H,7-8,11-12H2,1-2H3. The van der Waals surface area contributed by atoms with Gasteiger partial charge in [0.25, 0.3) is 5.91 Å². The second kappa shape index (κ2) is 7.91. The summed E-state index contributed by atoms with van der Waals surface area (Å²) >= 11 is 0. The molecule has 156 valence electrons. The average Bonchev–Trinajstić information content (AvgIpc) is 3.16. The van der Waals surface area contributed by atoms with Crippen molar-refractivity contribution in [3.8, 4) is 11.1 Å². The normalized spacial score (nSPS) is 14.8. The van der Waals surface area contributed by atoms with Crippen molar-refractivity contribution in [1.82, 2.24) is 29.6 Å². The number of aromatic nitrogens is 5. The van der Waals surface area contributed by atoms with Crippen LogP contribution in [0.1, 0.15) is 40.6 Å². The molecule has 1 aliphatic heterocycles. The highest BCUT2D eigenvalue weighted by Crippen LogP contribution is 2.29. The Bertz CT molecular complexity index is 1220. The van der Waals surface area contributed by atoms with Gasteiger partial charge in [0.1, 0.15) is 0 Å². The molecule has 0 spiro atoms. The summed E-state index contributed by atoms with van der Waals surface area (Å²) in [6, 6.07) is 12.1. The number of likely N-dealkylation sites (tertiary alicyclic amines) is 1. The van der Waals surface area contributed by atoms with E-state index in [-0.39, 0.29) is 5.91 Å². The molecule has 0 bridgehead atoms. The van der Waals surface area contributed by atoms with Crippen LogP contribution in [0, 0.1) is 6.92 Å². The van der Waals surface area contributed by atoms with E-state index in [2.05, 4.69) is 33.3 Å². The SMILES string of the molecule is Cc1cc(C(=O)N2CCC(c3ccc4cc(-c5ccncc5)cnc4n3)CC2)nn1C. The van der Waals surface area contributed by atoms with Crippen LogP contribution in [-0.2, 0) is 7.05 Å². The predicted octanol–water partition coefficient (Wildman–Crippen LogP) is 3.75. The molecule has 7 nitrogen and oxygen atoms in total. The van der Waals surface area contributed by atoms with Gasteiger partial charge in [0.15, 0.2) is 11.3 Å². The van der Waals surface area contributed by atoms with Crippen LogP contribution >= 0.6 is 0 Å². The Morgan fingerprint density at radius 3 is 2.52 bits per heavy atom. The molecular formula is C24H24N6O. The number of piperidine rings is 1. The third-order valence-corrected chi connectivity index (χ3v) is 6.11. The first kappa shape index (κ1) is 19.4. The van der Waals surface area contributed by atoms with Crippen LogP contribution in [-0.4, -0.2) is 48.6 Å². The Balaban J connectivity index is 1.30. The van der Waals surface area contributed by atoms with Gasteiger partial charge in [-0.3, -0.25) is 14.5 Å². The molecule has 1 amide bonds. The molecule has 7 heteroatoms. The molecule has 5 rings (SSSR count). The lowest BCUT2D eigenvalue weighted by molar-refractivity contribution is 0.0705. The third-order valence-electron chi connectivity index (χ3n) is 6.11. The quantitative estimate of drug-likeness (QED) is 0.512. The van der Waals surface area contributed by atoms with E-state index in [9.17, 15) is 4.79 Å². The van der Waals surface area contributed by atoms with E-state index in [1.807, 2.05) is 43.3 Å². The van der Waals surface area contributed by atoms with Gasteiger partial charge in [0.2, 0.25) is 0 Å². The highest BCUT2D eigenvalue weighted by molar-refractivity contribution is 5.92. The van der Waals surface area contributed by atoms with Gasteiger partial charge in [0.05, 0.1) is 0 Å². The summed E-state index contributed by atoms with van der Waals surface area (Å²) in [4.78, 5) is 28.2. The molecule has 4 aromatic heterocycles. The third kappa shape index (κ3) is 3.79. The topological polar surface area (TPSA) is 76.8 Å². The fourth-order valence-electron chi connectivity index (χ4n) is 4.16. The number of fused-ring (bicyclic) bond motifs is 1. The van der Waals surface area contributed by atoms with Crippen molar-refractivity contribution in [3.05, 3.63) is 72.1 Å². The van der Waals surface area contributed by atoms with Gasteiger partial charge in [0, 0.05) is 67.0 Å². The number of pyridine rings is 3. The van der Waals surface area contributed by atoms with E-state index in [1.165, 1.54) is 0 Å². The minimum Gasteiger partial charge on any atom is -0.337 e. The summed E-state index contributed by atoms with van der Waals surface area (Å²) in [5.41, 5.74) is 5.47. The number of carbonyl (C=O) groups is 1. The molecule has 1 saturated heterocycles. The first-order valence-electron chi connectivity index (χ1n) is 10.6. The van der Waals surface area contributed by atoms with Crippen molar-refractivity contribution in [2.45, 2.75) is 25.7 Å². The smallest absolute Gasteiger partial charge is 0.274 e. The van der Waals surface area contributed by atoms with E-state index in [0.717, 1.165) is 46.4 Å². The van der Waals surface area contributed by atoms with Gasteiger partial charge in [-0.25, -0.2) is 9.97 Å². The lowest BCUT2D eigenvalue weighted by Crippen LogP contribution is -2.38. The van der Waals surface area contributed by atoms with Crippen molar-refractivity contribution in [2.75, 3.05) is 13.1 Å². The Kier molecular flexibility index (Phi) is 4.94. The van der Waals surface area contributed by atoms with E-state index < -0.39 is 0 Å². The highest BCUT2D eigenvalue weighted by atomic mass is 16.2. The first-order valence-corrected chi connectivity index (χ1v) is 10.6. The van der Waals surface area contributed by atoms with Gasteiger partial charge < -0.3 is 4.90 Å². The molecule has 0 unspecified atom stereocenters. The zero-order valence-electron chi connectivity index (χ0n) is 17.7. The van der Waals surface area contributed by atoms with Gasteiger partial charge >= 0.3 is 0 Å². The number of aryl methyl sites for hydroxylation is 2. The molecule has 0 N–H and O–H groups in total. The van der Waals surface area contributed by atoms with Gasteiger partial charge in [-0.2, -0.15) is 5.10 Å². The lowest BCUT2D eigenvalue weighted by Gasteiger charge is -2.31. The molecule has 1 aliphatic rings. The zero-order chi connectivity index (χ0) is 21.4. The Morgan fingerprint density at radius 1 is 1.03 bits per heavy atom. The first-order chi connectivity index (χ1) is 15.1. The second-order valence-corrected chi connectivity index (χ2v) is 8.10. The average molecular weight is 412 g/mol. The van der Waals surface area contributed by atoms with E-state index in [4.69, 9.17) is 4.98 Å². The van der Waals surface area contributed by atoms with Crippen molar-refractivity contribution in [2.24, 2.45) is 7.05 Å². The molecule has 4 aromatic rings. The van der Waals surface area contributed by atoms with Gasteiger partial charge in [-0.05, 0) is 61.7 Å². The summed E-state index contributed by atoms with van der Waals surface area (Å²) in [7, 11) is 1.86. The van der Waals surface area contributed by atoms with E-state index in [1.54, 1.807) is 17.1 Å². The van der Waals surface area contributed by atoms with E-state index in [0.29, 0.717) is 24.7 Å². The summed E-state index contributed by atoms with van der Waals surface area (Å²) < 4.78 is 1.74. The maximum absolute atomic E-state index is 12.8. The Labute approximate surface area is 180 Å². The van der Waals surface area contributed by atoms with E-state index >= 15 is 0 Å². The van der Waals surface area contributed by atoms with Crippen molar-refractivity contribution in [3.63, 3.8) is 0 Å². The number of rotatable bonds is 3. The molecule has 31 heavy (non-hydrogen) atoms. The van der Waals surface area contributed by atoms with Crippen molar-refractivity contribution >= 4 is 16.9 Å². The van der Waals surface area contributed by atoms with Crippen LogP contribution in [0.25, 0.3) is 22.2 Å². The van der Waals surface area contributed by atoms with Crippen LogP contribution in [0.5, 0.6) is 0 Å². The largest absolute Gasteiger partial charge is 0.337 e.